The molecule has 1 heteroatoms. The van der Waals surface area contributed by atoms with Crippen molar-refractivity contribution in [2.24, 2.45) is 0 Å². The van der Waals surface area contributed by atoms with E-state index >= 15 is 0 Å². The predicted octanol–water partition coefficient (Wildman–Crippen LogP) is 4.36. The van der Waals surface area contributed by atoms with Crippen molar-refractivity contribution in [1.82, 2.24) is 0 Å². The second-order valence-corrected chi connectivity index (χ2v) is 4.24. The summed E-state index contributed by atoms with van der Waals surface area (Å²) in [5, 5.41) is 3.44. The molecule has 0 atom stereocenters. The molecule has 2 rings (SSSR count). The molecule has 1 nitrogen and oxygen atoms in total. The highest BCUT2D eigenvalue weighted by atomic mass is 14.9. The van der Waals surface area contributed by atoms with Crippen molar-refractivity contribution in [2.75, 3.05) is 5.32 Å². The van der Waals surface area contributed by atoms with Gasteiger partial charge in [0.2, 0.25) is 0 Å². The van der Waals surface area contributed by atoms with Crippen LogP contribution in [0.5, 0.6) is 0 Å². The van der Waals surface area contributed by atoms with Gasteiger partial charge in [-0.05, 0) is 55.7 Å². The largest absolute Gasteiger partial charge is 0.355 e. The fraction of sp³-hybridized carbons (Fsp3) is 0.200. The molecule has 0 aliphatic rings. The van der Waals surface area contributed by atoms with Crippen molar-refractivity contribution in [1.29, 1.82) is 0 Å². The van der Waals surface area contributed by atoms with Crippen molar-refractivity contribution in [3.05, 3.63) is 59.2 Å². The third kappa shape index (κ3) is 2.25. The second-order valence-electron chi connectivity index (χ2n) is 4.24. The van der Waals surface area contributed by atoms with Gasteiger partial charge in [-0.25, -0.2) is 0 Å². The third-order valence-electron chi connectivity index (χ3n) is 2.93. The Morgan fingerprint density at radius 3 is 2.19 bits per heavy atom. The summed E-state index contributed by atoms with van der Waals surface area (Å²) < 4.78 is 0. The van der Waals surface area contributed by atoms with Crippen LogP contribution in [-0.4, -0.2) is 0 Å². The summed E-state index contributed by atoms with van der Waals surface area (Å²) in [5.41, 5.74) is 6.23. The number of hydrogen-bond acceptors (Lipinski definition) is 1. The number of aryl methyl sites for hydroxylation is 3. The van der Waals surface area contributed by atoms with Crippen LogP contribution >= 0.6 is 0 Å². The lowest BCUT2D eigenvalue weighted by atomic mass is 10.1. The van der Waals surface area contributed by atoms with Gasteiger partial charge in [0.1, 0.15) is 0 Å². The molecule has 0 aliphatic heterocycles. The highest BCUT2D eigenvalue weighted by molar-refractivity contribution is 5.63. The summed E-state index contributed by atoms with van der Waals surface area (Å²) >= 11 is 0. The van der Waals surface area contributed by atoms with E-state index in [2.05, 4.69) is 68.6 Å². The Kier molecular flexibility index (Phi) is 2.95. The van der Waals surface area contributed by atoms with Crippen molar-refractivity contribution in [3.8, 4) is 0 Å². The van der Waals surface area contributed by atoms with E-state index in [1.807, 2.05) is 0 Å². The molecule has 2 aromatic rings. The van der Waals surface area contributed by atoms with E-state index in [-0.39, 0.29) is 0 Å². The number of rotatable bonds is 2. The molecule has 0 heterocycles. The van der Waals surface area contributed by atoms with Crippen molar-refractivity contribution < 1.29 is 0 Å². The summed E-state index contributed by atoms with van der Waals surface area (Å²) in [7, 11) is 0. The van der Waals surface area contributed by atoms with Gasteiger partial charge in [-0.2, -0.15) is 0 Å². The predicted molar refractivity (Wildman–Crippen MR) is 70.4 cm³/mol. The van der Waals surface area contributed by atoms with Gasteiger partial charge in [-0.1, -0.05) is 24.3 Å². The third-order valence-corrected chi connectivity index (χ3v) is 2.93. The Labute approximate surface area is 97.1 Å². The summed E-state index contributed by atoms with van der Waals surface area (Å²) in [4.78, 5) is 0. The molecule has 82 valence electrons. The zero-order valence-electron chi connectivity index (χ0n) is 10.0. The lowest BCUT2D eigenvalue weighted by Crippen LogP contribution is -1.93. The van der Waals surface area contributed by atoms with E-state index in [0.29, 0.717) is 0 Å². The molecular formula is C15H17N. The molecule has 2 aromatic carbocycles. The SMILES string of the molecule is Cc1ccc(Nc2ccccc2C)cc1C. The van der Waals surface area contributed by atoms with Crippen LogP contribution in [0.2, 0.25) is 0 Å². The van der Waals surface area contributed by atoms with Gasteiger partial charge < -0.3 is 5.32 Å². The number of para-hydroxylation sites is 1. The average molecular weight is 211 g/mol. The maximum Gasteiger partial charge on any atom is 0.0413 e. The van der Waals surface area contributed by atoms with Crippen molar-refractivity contribution >= 4 is 11.4 Å². The molecular weight excluding hydrogens is 194 g/mol. The van der Waals surface area contributed by atoms with Gasteiger partial charge in [0, 0.05) is 11.4 Å². The van der Waals surface area contributed by atoms with Crippen LogP contribution in [0.4, 0.5) is 11.4 Å². The van der Waals surface area contributed by atoms with Crippen LogP contribution < -0.4 is 5.32 Å². The topological polar surface area (TPSA) is 12.0 Å². The van der Waals surface area contributed by atoms with E-state index in [4.69, 9.17) is 0 Å². The molecule has 0 radical (unpaired) electrons. The summed E-state index contributed by atoms with van der Waals surface area (Å²) in [6.07, 6.45) is 0. The fourth-order valence-corrected chi connectivity index (χ4v) is 1.69. The minimum absolute atomic E-state index is 1.15. The van der Waals surface area contributed by atoms with E-state index in [0.717, 1.165) is 5.69 Å². The molecule has 0 aromatic heterocycles. The molecule has 16 heavy (non-hydrogen) atoms. The van der Waals surface area contributed by atoms with Gasteiger partial charge in [-0.15, -0.1) is 0 Å². The second kappa shape index (κ2) is 4.40. The van der Waals surface area contributed by atoms with Crippen molar-refractivity contribution in [3.63, 3.8) is 0 Å². The first-order valence-corrected chi connectivity index (χ1v) is 5.57. The molecule has 0 spiro atoms. The Hall–Kier alpha value is -1.76. The van der Waals surface area contributed by atoms with Crippen LogP contribution in [-0.2, 0) is 0 Å². The molecule has 0 unspecified atom stereocenters. The van der Waals surface area contributed by atoms with Crippen molar-refractivity contribution in [2.45, 2.75) is 20.8 Å². The summed E-state index contributed by atoms with van der Waals surface area (Å²) in [5.74, 6) is 0. The first-order chi connectivity index (χ1) is 7.66. The molecule has 0 fully saturated rings. The summed E-state index contributed by atoms with van der Waals surface area (Å²) in [6.45, 7) is 6.38. The van der Waals surface area contributed by atoms with Gasteiger partial charge in [-0.3, -0.25) is 0 Å². The van der Waals surface area contributed by atoms with Gasteiger partial charge in [0.25, 0.3) is 0 Å². The van der Waals surface area contributed by atoms with E-state index in [9.17, 15) is 0 Å². The highest BCUT2D eigenvalue weighted by Gasteiger charge is 1.99. The normalized spacial score (nSPS) is 10.2. The van der Waals surface area contributed by atoms with Gasteiger partial charge in [0.05, 0.1) is 0 Å². The maximum absolute atomic E-state index is 3.44. The van der Waals surface area contributed by atoms with Gasteiger partial charge in [0.15, 0.2) is 0 Å². The van der Waals surface area contributed by atoms with E-state index < -0.39 is 0 Å². The molecule has 1 N–H and O–H groups in total. The minimum Gasteiger partial charge on any atom is -0.355 e. The standard InChI is InChI=1S/C15H17N/c1-11-8-9-14(10-13(11)3)16-15-7-5-4-6-12(15)2/h4-10,16H,1-3H3. The van der Waals surface area contributed by atoms with Crippen LogP contribution in [0, 0.1) is 20.8 Å². The summed E-state index contributed by atoms with van der Waals surface area (Å²) in [6, 6.07) is 14.8. The average Bonchev–Trinajstić information content (AvgIpc) is 2.27. The fourth-order valence-electron chi connectivity index (χ4n) is 1.69. The van der Waals surface area contributed by atoms with E-state index in [1.165, 1.54) is 22.4 Å². The van der Waals surface area contributed by atoms with Crippen LogP contribution in [0.15, 0.2) is 42.5 Å². The lowest BCUT2D eigenvalue weighted by Gasteiger charge is -2.10. The molecule has 0 aliphatic carbocycles. The monoisotopic (exact) mass is 211 g/mol. The highest BCUT2D eigenvalue weighted by Crippen LogP contribution is 2.21. The lowest BCUT2D eigenvalue weighted by molar-refractivity contribution is 1.33. The molecule has 0 amide bonds. The number of nitrogens with one attached hydrogen (secondary N) is 1. The zero-order chi connectivity index (χ0) is 11.5. The molecule has 0 saturated heterocycles. The van der Waals surface area contributed by atoms with Gasteiger partial charge >= 0.3 is 0 Å². The maximum atomic E-state index is 3.44. The Balaban J connectivity index is 2.28. The molecule has 0 bridgehead atoms. The van der Waals surface area contributed by atoms with Crippen LogP contribution in [0.1, 0.15) is 16.7 Å². The first-order valence-electron chi connectivity index (χ1n) is 5.57. The Morgan fingerprint density at radius 1 is 0.750 bits per heavy atom. The van der Waals surface area contributed by atoms with Crippen LogP contribution in [0.25, 0.3) is 0 Å². The Morgan fingerprint density at radius 2 is 1.50 bits per heavy atom. The van der Waals surface area contributed by atoms with Crippen LogP contribution in [0.3, 0.4) is 0 Å². The quantitative estimate of drug-likeness (QED) is 0.778. The minimum atomic E-state index is 1.15. The number of anilines is 2. The smallest absolute Gasteiger partial charge is 0.0413 e. The zero-order valence-corrected chi connectivity index (χ0v) is 10.0. The Bertz CT molecular complexity index is 501. The molecule has 0 saturated carbocycles. The first kappa shape index (κ1) is 10.7. The number of hydrogen-bond donors (Lipinski definition) is 1. The number of benzene rings is 2. The van der Waals surface area contributed by atoms with E-state index in [1.54, 1.807) is 0 Å².